The van der Waals surface area contributed by atoms with Gasteiger partial charge in [-0.25, -0.2) is 8.42 Å². The molecule has 14 heavy (non-hydrogen) atoms. The zero-order chi connectivity index (χ0) is 11.8. The Morgan fingerprint density at radius 2 is 1.43 bits per heavy atom. The standard InChI is InChI=1S/C5H12O3S.C4H12N/c1-2-3-4-5-9(6,7)8;1-5(2,3)4/h2-5H2,1H3,(H,6,7,8);1-4H3/q;+1/p-1. The van der Waals surface area contributed by atoms with Gasteiger partial charge in [0.15, 0.2) is 0 Å². The third-order valence-electron chi connectivity index (χ3n) is 0.998. The summed E-state index contributed by atoms with van der Waals surface area (Å²) in [5.41, 5.74) is 0. The predicted molar refractivity (Wildman–Crippen MR) is 58.0 cm³/mol. The van der Waals surface area contributed by atoms with Crippen molar-refractivity contribution in [3.05, 3.63) is 0 Å². The van der Waals surface area contributed by atoms with Gasteiger partial charge in [0, 0.05) is 5.75 Å². The summed E-state index contributed by atoms with van der Waals surface area (Å²) in [6.07, 6.45) is 2.26. The van der Waals surface area contributed by atoms with Crippen molar-refractivity contribution in [3.8, 4) is 0 Å². The molecule has 0 saturated carbocycles. The van der Waals surface area contributed by atoms with Crippen LogP contribution in [0.15, 0.2) is 0 Å². The van der Waals surface area contributed by atoms with E-state index in [1.54, 1.807) is 0 Å². The number of hydrogen-bond donors (Lipinski definition) is 0. The van der Waals surface area contributed by atoms with Crippen LogP contribution in [0.4, 0.5) is 0 Å². The summed E-state index contributed by atoms with van der Waals surface area (Å²) in [5, 5.41) is 0. The van der Waals surface area contributed by atoms with Gasteiger partial charge in [0.1, 0.15) is 0 Å². The van der Waals surface area contributed by atoms with Crippen molar-refractivity contribution in [3.63, 3.8) is 0 Å². The van der Waals surface area contributed by atoms with Crippen molar-refractivity contribution in [2.75, 3.05) is 33.9 Å². The highest BCUT2D eigenvalue weighted by Gasteiger charge is 1.92. The highest BCUT2D eigenvalue weighted by atomic mass is 32.2. The van der Waals surface area contributed by atoms with Gasteiger partial charge in [-0.1, -0.05) is 19.8 Å². The normalized spacial score (nSPS) is 11.9. The van der Waals surface area contributed by atoms with Gasteiger partial charge in [-0.05, 0) is 6.42 Å². The van der Waals surface area contributed by atoms with Crippen LogP contribution in [0.1, 0.15) is 26.2 Å². The maximum absolute atomic E-state index is 9.95. The van der Waals surface area contributed by atoms with Gasteiger partial charge >= 0.3 is 0 Å². The lowest BCUT2D eigenvalue weighted by atomic mass is 10.3. The molecule has 0 aromatic heterocycles. The molecule has 0 saturated heterocycles. The highest BCUT2D eigenvalue weighted by Crippen LogP contribution is 1.96. The van der Waals surface area contributed by atoms with Gasteiger partial charge < -0.3 is 9.04 Å². The van der Waals surface area contributed by atoms with Crippen LogP contribution >= 0.6 is 0 Å². The number of hydrogen-bond acceptors (Lipinski definition) is 3. The second-order valence-corrected chi connectivity index (χ2v) is 6.18. The Morgan fingerprint density at radius 3 is 1.64 bits per heavy atom. The molecule has 0 bridgehead atoms. The molecule has 5 heteroatoms. The molecule has 0 rings (SSSR count). The van der Waals surface area contributed by atoms with Crippen LogP contribution in [0.2, 0.25) is 0 Å². The van der Waals surface area contributed by atoms with Gasteiger partial charge in [0.2, 0.25) is 0 Å². The molecular formula is C9H23NO3S. The van der Waals surface area contributed by atoms with Crippen LogP contribution < -0.4 is 0 Å². The summed E-state index contributed by atoms with van der Waals surface area (Å²) in [4.78, 5) is 0. The molecule has 0 heterocycles. The van der Waals surface area contributed by atoms with Crippen molar-refractivity contribution in [1.29, 1.82) is 0 Å². The van der Waals surface area contributed by atoms with E-state index in [9.17, 15) is 13.0 Å². The number of quaternary nitrogens is 1. The van der Waals surface area contributed by atoms with Crippen LogP contribution in [0.25, 0.3) is 0 Å². The summed E-state index contributed by atoms with van der Waals surface area (Å²) in [7, 11) is 4.55. The summed E-state index contributed by atoms with van der Waals surface area (Å²) in [5.74, 6) is -0.208. The molecular weight excluding hydrogens is 202 g/mol. The molecule has 4 nitrogen and oxygen atoms in total. The first-order valence-corrected chi connectivity index (χ1v) is 6.36. The third-order valence-corrected chi connectivity index (χ3v) is 1.79. The van der Waals surface area contributed by atoms with E-state index in [1.165, 1.54) is 0 Å². The Morgan fingerprint density at radius 1 is 1.07 bits per heavy atom. The Kier molecular flexibility index (Phi) is 8.39. The van der Waals surface area contributed by atoms with Crippen molar-refractivity contribution < 1.29 is 17.5 Å². The number of unbranched alkanes of at least 4 members (excludes halogenated alkanes) is 2. The fourth-order valence-electron chi connectivity index (χ4n) is 0.529. The Labute approximate surface area is 88.3 Å². The van der Waals surface area contributed by atoms with E-state index in [0.29, 0.717) is 6.42 Å². The lowest BCUT2D eigenvalue weighted by Crippen LogP contribution is -2.27. The Bertz CT molecular complexity index is 211. The van der Waals surface area contributed by atoms with Crippen LogP contribution in [-0.4, -0.2) is 51.4 Å². The lowest BCUT2D eigenvalue weighted by Gasteiger charge is -2.14. The van der Waals surface area contributed by atoms with E-state index in [-0.39, 0.29) is 5.75 Å². The summed E-state index contributed by atoms with van der Waals surface area (Å²) >= 11 is 0. The van der Waals surface area contributed by atoms with Gasteiger partial charge in [-0.15, -0.1) is 0 Å². The molecule has 0 unspecified atom stereocenters. The van der Waals surface area contributed by atoms with Gasteiger partial charge in [-0.2, -0.15) is 0 Å². The SMILES string of the molecule is CCCCCS(=O)(=O)[O-].C[N+](C)(C)C. The Balaban J connectivity index is 0. The van der Waals surface area contributed by atoms with E-state index < -0.39 is 10.1 Å². The van der Waals surface area contributed by atoms with E-state index in [0.717, 1.165) is 17.3 Å². The minimum atomic E-state index is -3.95. The molecule has 0 N–H and O–H groups in total. The zero-order valence-corrected chi connectivity index (χ0v) is 10.7. The second kappa shape index (κ2) is 7.20. The monoisotopic (exact) mass is 225 g/mol. The molecule has 0 aliphatic carbocycles. The van der Waals surface area contributed by atoms with Crippen LogP contribution in [0.3, 0.4) is 0 Å². The quantitative estimate of drug-likeness (QED) is 0.408. The molecule has 0 atom stereocenters. The molecule has 0 radical (unpaired) electrons. The third kappa shape index (κ3) is 40.7. The second-order valence-electron chi connectivity index (χ2n) is 4.65. The maximum atomic E-state index is 9.95. The predicted octanol–water partition coefficient (Wildman–Crippen LogP) is 1.04. The minimum Gasteiger partial charge on any atom is -0.748 e. The smallest absolute Gasteiger partial charge is 0.0945 e. The molecule has 0 spiro atoms. The van der Waals surface area contributed by atoms with Gasteiger partial charge in [0.05, 0.1) is 38.3 Å². The molecule has 88 valence electrons. The van der Waals surface area contributed by atoms with E-state index >= 15 is 0 Å². The zero-order valence-electron chi connectivity index (χ0n) is 9.91. The average molecular weight is 225 g/mol. The van der Waals surface area contributed by atoms with Crippen molar-refractivity contribution in [2.45, 2.75) is 26.2 Å². The molecule has 0 amide bonds. The van der Waals surface area contributed by atoms with Crippen LogP contribution in [0.5, 0.6) is 0 Å². The fraction of sp³-hybridized carbons (Fsp3) is 1.00. The molecule has 0 aliphatic rings. The van der Waals surface area contributed by atoms with Gasteiger partial charge in [-0.3, -0.25) is 0 Å². The number of nitrogens with zero attached hydrogens (tertiary/aromatic N) is 1. The first-order valence-electron chi connectivity index (χ1n) is 4.78. The minimum absolute atomic E-state index is 0.208. The van der Waals surface area contributed by atoms with E-state index in [4.69, 9.17) is 0 Å². The summed E-state index contributed by atoms with van der Waals surface area (Å²) in [6.45, 7) is 1.96. The van der Waals surface area contributed by atoms with E-state index in [2.05, 4.69) is 28.2 Å². The fourth-order valence-corrected chi connectivity index (χ4v) is 1.09. The largest absolute Gasteiger partial charge is 0.748 e. The van der Waals surface area contributed by atoms with E-state index in [1.807, 2.05) is 6.92 Å². The highest BCUT2D eigenvalue weighted by molar-refractivity contribution is 7.85. The molecule has 0 fully saturated rings. The van der Waals surface area contributed by atoms with Crippen LogP contribution in [0, 0.1) is 0 Å². The molecule has 0 aromatic carbocycles. The topological polar surface area (TPSA) is 57.2 Å². The van der Waals surface area contributed by atoms with Crippen molar-refractivity contribution in [2.24, 2.45) is 0 Å². The molecule has 0 aromatic rings. The Hall–Kier alpha value is -0.130. The van der Waals surface area contributed by atoms with Crippen molar-refractivity contribution in [1.82, 2.24) is 0 Å². The van der Waals surface area contributed by atoms with Crippen LogP contribution in [-0.2, 0) is 10.1 Å². The summed E-state index contributed by atoms with van der Waals surface area (Å²) < 4.78 is 30.9. The lowest BCUT2D eigenvalue weighted by molar-refractivity contribution is -0.849. The van der Waals surface area contributed by atoms with Gasteiger partial charge in [0.25, 0.3) is 0 Å². The average Bonchev–Trinajstić information content (AvgIpc) is 1.80. The molecule has 0 aliphatic heterocycles. The first kappa shape index (κ1) is 16.3. The summed E-state index contributed by atoms with van der Waals surface area (Å²) in [6, 6.07) is 0. The number of rotatable bonds is 4. The maximum Gasteiger partial charge on any atom is 0.0945 e. The van der Waals surface area contributed by atoms with Crippen molar-refractivity contribution >= 4 is 10.1 Å². The first-order chi connectivity index (χ1) is 6.06.